The van der Waals surface area contributed by atoms with E-state index in [1.54, 1.807) is 0 Å². The first-order chi connectivity index (χ1) is 4.83. The third kappa shape index (κ3) is 0.731. The Hall–Kier alpha value is -0.0400. The lowest BCUT2D eigenvalue weighted by molar-refractivity contribution is 0.246. The molecule has 58 valence electrons. The van der Waals surface area contributed by atoms with Crippen LogP contribution in [-0.2, 0) is 0 Å². The topological polar surface area (TPSA) is 26.0 Å². The van der Waals surface area contributed by atoms with Crippen molar-refractivity contribution in [3.63, 3.8) is 0 Å². The molecule has 2 rings (SSSR count). The van der Waals surface area contributed by atoms with Crippen molar-refractivity contribution in [1.82, 2.24) is 0 Å². The summed E-state index contributed by atoms with van der Waals surface area (Å²) < 4.78 is 0. The van der Waals surface area contributed by atoms with Crippen LogP contribution in [-0.4, -0.2) is 6.54 Å². The van der Waals surface area contributed by atoms with Gasteiger partial charge in [-0.3, -0.25) is 0 Å². The summed E-state index contributed by atoms with van der Waals surface area (Å²) in [6.07, 6.45) is 4.45. The van der Waals surface area contributed by atoms with Crippen molar-refractivity contribution in [2.75, 3.05) is 6.54 Å². The first-order valence-corrected chi connectivity index (χ1v) is 4.53. The van der Waals surface area contributed by atoms with Crippen LogP contribution >= 0.6 is 0 Å². The largest absolute Gasteiger partial charge is 0.330 e. The minimum atomic E-state index is 0.874. The lowest BCUT2D eigenvalue weighted by Gasteiger charge is -2.26. The van der Waals surface area contributed by atoms with Crippen molar-refractivity contribution < 1.29 is 0 Å². The molecule has 2 bridgehead atoms. The minimum Gasteiger partial charge on any atom is -0.330 e. The molecule has 2 saturated carbocycles. The fourth-order valence-electron chi connectivity index (χ4n) is 3.11. The normalized spacial score (nSPS) is 52.2. The summed E-state index contributed by atoms with van der Waals surface area (Å²) in [6.45, 7) is 3.32. The lowest BCUT2D eigenvalue weighted by atomic mass is 9.81. The van der Waals surface area contributed by atoms with E-state index in [0.717, 1.165) is 30.2 Å². The molecule has 2 aliphatic carbocycles. The predicted octanol–water partition coefficient (Wildman–Crippen LogP) is 1.63. The molecule has 0 saturated heterocycles. The van der Waals surface area contributed by atoms with E-state index in [2.05, 4.69) is 6.92 Å². The van der Waals surface area contributed by atoms with E-state index in [0.29, 0.717) is 0 Å². The number of fused-ring (bicyclic) bond motifs is 2. The van der Waals surface area contributed by atoms with E-state index < -0.39 is 0 Å². The highest BCUT2D eigenvalue weighted by molar-refractivity contribution is 4.94. The van der Waals surface area contributed by atoms with Crippen molar-refractivity contribution >= 4 is 0 Å². The Labute approximate surface area is 63.0 Å². The number of rotatable bonds is 1. The van der Waals surface area contributed by atoms with Gasteiger partial charge in [0.15, 0.2) is 0 Å². The van der Waals surface area contributed by atoms with E-state index in [9.17, 15) is 0 Å². The van der Waals surface area contributed by atoms with Crippen LogP contribution in [0.25, 0.3) is 0 Å². The van der Waals surface area contributed by atoms with Crippen molar-refractivity contribution in [3.05, 3.63) is 0 Å². The van der Waals surface area contributed by atoms with Gasteiger partial charge in [0.05, 0.1) is 0 Å². The van der Waals surface area contributed by atoms with E-state index in [4.69, 9.17) is 5.73 Å². The number of hydrogen-bond acceptors (Lipinski definition) is 1. The Kier molecular flexibility index (Phi) is 1.48. The van der Waals surface area contributed by atoms with E-state index in [1.165, 1.54) is 19.3 Å². The molecule has 1 nitrogen and oxygen atoms in total. The van der Waals surface area contributed by atoms with Gasteiger partial charge in [0.25, 0.3) is 0 Å². The fourth-order valence-corrected chi connectivity index (χ4v) is 3.11. The summed E-state index contributed by atoms with van der Waals surface area (Å²) in [7, 11) is 0. The van der Waals surface area contributed by atoms with E-state index in [1.807, 2.05) is 0 Å². The van der Waals surface area contributed by atoms with E-state index in [-0.39, 0.29) is 0 Å². The van der Waals surface area contributed by atoms with Gasteiger partial charge in [-0.15, -0.1) is 0 Å². The van der Waals surface area contributed by atoms with Gasteiger partial charge in [0, 0.05) is 0 Å². The van der Waals surface area contributed by atoms with Gasteiger partial charge < -0.3 is 5.73 Å². The molecule has 4 atom stereocenters. The van der Waals surface area contributed by atoms with Gasteiger partial charge in [0.1, 0.15) is 0 Å². The molecule has 2 aliphatic rings. The first kappa shape index (κ1) is 6.66. The smallest absolute Gasteiger partial charge is 0.00436 e. The predicted molar refractivity (Wildman–Crippen MR) is 42.5 cm³/mol. The minimum absolute atomic E-state index is 0.874. The highest BCUT2D eigenvalue weighted by Crippen LogP contribution is 2.51. The molecule has 3 unspecified atom stereocenters. The second-order valence-corrected chi connectivity index (χ2v) is 4.09. The summed E-state index contributed by atoms with van der Waals surface area (Å²) >= 11 is 0. The Morgan fingerprint density at radius 3 is 2.40 bits per heavy atom. The van der Waals surface area contributed by atoms with E-state index >= 15 is 0 Å². The molecule has 2 fully saturated rings. The van der Waals surface area contributed by atoms with Crippen LogP contribution in [0.3, 0.4) is 0 Å². The van der Waals surface area contributed by atoms with Crippen LogP contribution in [0.2, 0.25) is 0 Å². The monoisotopic (exact) mass is 139 g/mol. The zero-order chi connectivity index (χ0) is 7.14. The zero-order valence-electron chi connectivity index (χ0n) is 6.72. The van der Waals surface area contributed by atoms with Gasteiger partial charge in [0.2, 0.25) is 0 Å². The number of nitrogens with two attached hydrogens (primary N) is 1. The van der Waals surface area contributed by atoms with Crippen LogP contribution in [0.15, 0.2) is 0 Å². The van der Waals surface area contributed by atoms with Crippen molar-refractivity contribution in [1.29, 1.82) is 0 Å². The van der Waals surface area contributed by atoms with Gasteiger partial charge in [-0.2, -0.15) is 0 Å². The summed E-state index contributed by atoms with van der Waals surface area (Å²) in [4.78, 5) is 0. The maximum absolute atomic E-state index is 5.71. The average molecular weight is 139 g/mol. The van der Waals surface area contributed by atoms with Crippen molar-refractivity contribution in [3.8, 4) is 0 Å². The Morgan fingerprint density at radius 1 is 1.30 bits per heavy atom. The highest BCUT2D eigenvalue weighted by Gasteiger charge is 2.43. The average Bonchev–Trinajstić information content (AvgIpc) is 2.46. The first-order valence-electron chi connectivity index (χ1n) is 4.53. The van der Waals surface area contributed by atoms with Gasteiger partial charge in [-0.1, -0.05) is 6.92 Å². The molecule has 0 amide bonds. The molecule has 0 heterocycles. The van der Waals surface area contributed by atoms with Gasteiger partial charge in [-0.05, 0) is 49.5 Å². The van der Waals surface area contributed by atoms with Gasteiger partial charge >= 0.3 is 0 Å². The summed E-state index contributed by atoms with van der Waals surface area (Å²) in [5, 5.41) is 0. The molecule has 10 heavy (non-hydrogen) atoms. The Morgan fingerprint density at radius 2 is 2.00 bits per heavy atom. The molecule has 1 heteroatoms. The molecule has 0 radical (unpaired) electrons. The zero-order valence-corrected chi connectivity index (χ0v) is 6.72. The fraction of sp³-hybridized carbons (Fsp3) is 1.00. The Balaban J connectivity index is 2.10. The third-order valence-corrected chi connectivity index (χ3v) is 3.81. The quantitative estimate of drug-likeness (QED) is 0.587. The standard InChI is InChI=1S/C9H17N/c1-6-7-2-3-8(4-7)9(6)5-10/h6-9H,2-5,10H2,1H3/t6-,7?,8?,9?/m0/s1. The molecule has 2 N–H and O–H groups in total. The van der Waals surface area contributed by atoms with Gasteiger partial charge in [-0.25, -0.2) is 0 Å². The molecular weight excluding hydrogens is 122 g/mol. The summed E-state index contributed by atoms with van der Waals surface area (Å²) in [6, 6.07) is 0. The van der Waals surface area contributed by atoms with Crippen LogP contribution < -0.4 is 5.73 Å². The molecule has 0 spiro atoms. The Bertz CT molecular complexity index is 131. The summed E-state index contributed by atoms with van der Waals surface area (Å²) in [5.74, 6) is 3.85. The molecule has 0 aliphatic heterocycles. The summed E-state index contributed by atoms with van der Waals surface area (Å²) in [5.41, 5.74) is 5.71. The lowest BCUT2D eigenvalue weighted by Crippen LogP contribution is -2.27. The maximum atomic E-state index is 5.71. The molecule has 0 aromatic carbocycles. The SMILES string of the molecule is C[C@H]1C2CCC(C2)C1CN. The van der Waals surface area contributed by atoms with Crippen LogP contribution in [0.1, 0.15) is 26.2 Å². The molecule has 0 aromatic heterocycles. The molecular formula is C9H17N. The second-order valence-electron chi connectivity index (χ2n) is 4.09. The third-order valence-electron chi connectivity index (χ3n) is 3.81. The van der Waals surface area contributed by atoms with Crippen molar-refractivity contribution in [2.45, 2.75) is 26.2 Å². The second kappa shape index (κ2) is 2.23. The highest BCUT2D eigenvalue weighted by atomic mass is 14.6. The van der Waals surface area contributed by atoms with Crippen LogP contribution in [0, 0.1) is 23.7 Å². The van der Waals surface area contributed by atoms with Crippen LogP contribution in [0.5, 0.6) is 0 Å². The maximum Gasteiger partial charge on any atom is -0.00436 e. The van der Waals surface area contributed by atoms with Crippen molar-refractivity contribution in [2.24, 2.45) is 29.4 Å². The van der Waals surface area contributed by atoms with Crippen LogP contribution in [0.4, 0.5) is 0 Å². The molecule has 0 aromatic rings. The number of hydrogen-bond donors (Lipinski definition) is 1.